The monoisotopic (exact) mass is 481 g/mol. The van der Waals surface area contributed by atoms with E-state index in [2.05, 4.69) is 10.3 Å². The number of thiazole rings is 2. The Kier molecular flexibility index (Phi) is 4.24. The minimum Gasteiger partial charge on any atom is -0.346 e. The molecule has 3 fully saturated rings. The van der Waals surface area contributed by atoms with Gasteiger partial charge in [-0.1, -0.05) is 11.6 Å². The summed E-state index contributed by atoms with van der Waals surface area (Å²) in [4.78, 5) is 22.2. The van der Waals surface area contributed by atoms with E-state index in [1.54, 1.807) is 25.2 Å². The molecule has 0 saturated heterocycles. The molecule has 3 aromatic rings. The van der Waals surface area contributed by atoms with Gasteiger partial charge in [-0.3, -0.25) is 4.79 Å². The molecule has 0 radical (unpaired) electrons. The molecule has 6 rings (SSSR count). The zero-order chi connectivity index (χ0) is 21.5. The lowest BCUT2D eigenvalue weighted by molar-refractivity contribution is -0.0806. The van der Waals surface area contributed by atoms with Crippen molar-refractivity contribution in [3.05, 3.63) is 44.3 Å². The fraction of sp³-hybridized carbons (Fsp3) is 0.450. The predicted octanol–water partition coefficient (Wildman–Crippen LogP) is 4.29. The van der Waals surface area contributed by atoms with Crippen LogP contribution in [0.3, 0.4) is 0 Å². The quantitative estimate of drug-likeness (QED) is 0.587. The van der Waals surface area contributed by atoms with E-state index in [4.69, 9.17) is 16.6 Å². The lowest BCUT2D eigenvalue weighted by Gasteiger charge is -2.69. The third-order valence-corrected chi connectivity index (χ3v) is 11.4. The van der Waals surface area contributed by atoms with Crippen molar-refractivity contribution in [1.29, 1.82) is 0 Å². The van der Waals surface area contributed by atoms with Crippen molar-refractivity contribution in [2.45, 2.75) is 48.8 Å². The summed E-state index contributed by atoms with van der Waals surface area (Å²) in [6.45, 7) is 3.22. The molecule has 2 aromatic heterocycles. The van der Waals surface area contributed by atoms with E-state index in [0.717, 1.165) is 45.8 Å². The number of nitrogens with zero attached hydrogens (tertiary/aromatic N) is 2. The van der Waals surface area contributed by atoms with Gasteiger partial charge in [-0.05, 0) is 51.3 Å². The van der Waals surface area contributed by atoms with Gasteiger partial charge in [-0.25, -0.2) is 18.4 Å². The highest BCUT2D eigenvalue weighted by Gasteiger charge is 2.70. The van der Waals surface area contributed by atoms with Gasteiger partial charge in [0, 0.05) is 22.2 Å². The SMILES string of the molecule is CC(C)(c1ncc(C(=O)NC23CC(c4nc5ccc(Cl)cc5s4)(C2)C3)s1)S(C)(=O)=O. The van der Waals surface area contributed by atoms with Crippen LogP contribution in [0.15, 0.2) is 24.4 Å². The first kappa shape index (κ1) is 20.4. The highest BCUT2D eigenvalue weighted by Crippen LogP contribution is 2.68. The third kappa shape index (κ3) is 2.93. The number of carbonyl (C=O) groups is 1. The standard InChI is InChI=1S/C20H20ClN3O3S3/c1-18(2,30(3,26)27)16-22-7-14(29-16)15(25)24-20-8-19(9-20,10-20)17-23-12-5-4-11(21)6-13(12)28-17/h4-7H,8-10H2,1-3H3,(H,24,25). The summed E-state index contributed by atoms with van der Waals surface area (Å²) in [6.07, 6.45) is 5.28. The van der Waals surface area contributed by atoms with Crippen LogP contribution in [-0.4, -0.2) is 36.1 Å². The smallest absolute Gasteiger partial charge is 0.263 e. The minimum absolute atomic E-state index is 0.0561. The first-order valence-electron chi connectivity index (χ1n) is 9.48. The molecule has 2 heterocycles. The Labute approximate surface area is 187 Å². The number of aromatic nitrogens is 2. The molecule has 30 heavy (non-hydrogen) atoms. The molecule has 10 heteroatoms. The second-order valence-electron chi connectivity index (χ2n) is 8.99. The lowest BCUT2D eigenvalue weighted by atomic mass is 9.39. The predicted molar refractivity (Wildman–Crippen MR) is 120 cm³/mol. The van der Waals surface area contributed by atoms with Crippen LogP contribution in [0, 0.1) is 0 Å². The molecule has 2 bridgehead atoms. The number of fused-ring (bicyclic) bond motifs is 1. The molecular weight excluding hydrogens is 462 g/mol. The zero-order valence-electron chi connectivity index (χ0n) is 16.7. The van der Waals surface area contributed by atoms with E-state index in [0.29, 0.717) is 14.9 Å². The fourth-order valence-corrected chi connectivity index (χ4v) is 7.58. The molecule has 158 valence electrons. The number of hydrogen-bond acceptors (Lipinski definition) is 7. The van der Waals surface area contributed by atoms with E-state index < -0.39 is 14.6 Å². The number of rotatable bonds is 5. The largest absolute Gasteiger partial charge is 0.346 e. The number of halogens is 1. The summed E-state index contributed by atoms with van der Waals surface area (Å²) < 4.78 is 24.0. The van der Waals surface area contributed by atoms with E-state index in [1.165, 1.54) is 12.5 Å². The van der Waals surface area contributed by atoms with Crippen molar-refractivity contribution < 1.29 is 13.2 Å². The van der Waals surface area contributed by atoms with Crippen molar-refractivity contribution in [1.82, 2.24) is 15.3 Å². The molecule has 1 N–H and O–H groups in total. The molecule has 0 unspecified atom stereocenters. The topological polar surface area (TPSA) is 89.0 Å². The van der Waals surface area contributed by atoms with Gasteiger partial charge in [0.1, 0.15) is 19.6 Å². The average molecular weight is 482 g/mol. The van der Waals surface area contributed by atoms with Crippen LogP contribution >= 0.6 is 34.3 Å². The number of benzene rings is 1. The van der Waals surface area contributed by atoms with Crippen LogP contribution in [0.2, 0.25) is 5.02 Å². The van der Waals surface area contributed by atoms with Crippen molar-refractivity contribution in [3.63, 3.8) is 0 Å². The van der Waals surface area contributed by atoms with Crippen LogP contribution < -0.4 is 5.32 Å². The molecule has 6 nitrogen and oxygen atoms in total. The third-order valence-electron chi connectivity index (χ3n) is 6.38. The Morgan fingerprint density at radius 2 is 1.93 bits per heavy atom. The van der Waals surface area contributed by atoms with Gasteiger partial charge in [0.05, 0.1) is 16.4 Å². The first-order chi connectivity index (χ1) is 13.9. The minimum atomic E-state index is -3.34. The molecule has 0 atom stereocenters. The van der Waals surface area contributed by atoms with Crippen molar-refractivity contribution >= 4 is 60.2 Å². The highest BCUT2D eigenvalue weighted by molar-refractivity contribution is 7.91. The summed E-state index contributed by atoms with van der Waals surface area (Å²) >= 11 is 8.91. The van der Waals surface area contributed by atoms with Crippen LogP contribution in [0.25, 0.3) is 10.2 Å². The Morgan fingerprint density at radius 1 is 1.23 bits per heavy atom. The Balaban J connectivity index is 1.28. The van der Waals surface area contributed by atoms with Gasteiger partial charge >= 0.3 is 0 Å². The molecule has 1 amide bonds. The van der Waals surface area contributed by atoms with Crippen LogP contribution in [0.1, 0.15) is 52.8 Å². The Bertz CT molecular complexity index is 1290. The van der Waals surface area contributed by atoms with Crippen molar-refractivity contribution in [2.75, 3.05) is 6.26 Å². The number of amides is 1. The number of hydrogen-bond donors (Lipinski definition) is 1. The summed E-state index contributed by atoms with van der Waals surface area (Å²) in [5.74, 6) is -0.188. The molecule has 3 aliphatic rings. The van der Waals surface area contributed by atoms with E-state index in [1.807, 2.05) is 18.2 Å². The lowest BCUT2D eigenvalue weighted by Crippen LogP contribution is -2.76. The van der Waals surface area contributed by atoms with Crippen LogP contribution in [0.5, 0.6) is 0 Å². The average Bonchev–Trinajstić information content (AvgIpc) is 3.22. The molecule has 0 spiro atoms. The van der Waals surface area contributed by atoms with Crippen molar-refractivity contribution in [2.24, 2.45) is 0 Å². The van der Waals surface area contributed by atoms with Gasteiger partial charge in [-0.2, -0.15) is 0 Å². The maximum absolute atomic E-state index is 12.8. The molecule has 0 aliphatic heterocycles. The summed E-state index contributed by atoms with van der Waals surface area (Å²) in [7, 11) is -3.34. The number of nitrogens with one attached hydrogen (secondary N) is 1. The Hall–Kier alpha value is -1.55. The summed E-state index contributed by atoms with van der Waals surface area (Å²) in [6, 6.07) is 5.74. The molecule has 3 aliphatic carbocycles. The van der Waals surface area contributed by atoms with Gasteiger partial charge in [0.15, 0.2) is 9.84 Å². The van der Waals surface area contributed by atoms with E-state index >= 15 is 0 Å². The molecule has 1 aromatic carbocycles. The van der Waals surface area contributed by atoms with Crippen LogP contribution in [0.4, 0.5) is 0 Å². The zero-order valence-corrected chi connectivity index (χ0v) is 19.9. The van der Waals surface area contributed by atoms with E-state index in [9.17, 15) is 13.2 Å². The highest BCUT2D eigenvalue weighted by atomic mass is 35.5. The second kappa shape index (κ2) is 6.25. The maximum atomic E-state index is 12.8. The maximum Gasteiger partial charge on any atom is 0.263 e. The summed E-state index contributed by atoms with van der Waals surface area (Å²) in [5, 5.41) is 5.41. The first-order valence-corrected chi connectivity index (χ1v) is 13.4. The van der Waals surface area contributed by atoms with Gasteiger partial charge in [0.2, 0.25) is 0 Å². The molecular formula is C20H20ClN3O3S3. The Morgan fingerprint density at radius 3 is 2.60 bits per heavy atom. The van der Waals surface area contributed by atoms with Crippen LogP contribution in [-0.2, 0) is 20.0 Å². The fourth-order valence-electron chi connectivity index (χ4n) is 4.39. The van der Waals surface area contributed by atoms with Gasteiger partial charge < -0.3 is 5.32 Å². The normalized spacial score (nSPS) is 25.6. The molecule has 3 saturated carbocycles. The van der Waals surface area contributed by atoms with Gasteiger partial charge in [-0.15, -0.1) is 22.7 Å². The van der Waals surface area contributed by atoms with Crippen molar-refractivity contribution in [3.8, 4) is 0 Å². The second-order valence-corrected chi connectivity index (χ2v) is 14.1. The summed E-state index contributed by atoms with van der Waals surface area (Å²) in [5.41, 5.74) is 0.830. The van der Waals surface area contributed by atoms with Gasteiger partial charge in [0.25, 0.3) is 5.91 Å². The van der Waals surface area contributed by atoms with E-state index in [-0.39, 0.29) is 16.9 Å². The number of carbonyl (C=O) groups excluding carboxylic acids is 1. The number of sulfone groups is 1.